The zero-order valence-electron chi connectivity index (χ0n) is 12.9. The van der Waals surface area contributed by atoms with Gasteiger partial charge in [-0.2, -0.15) is 0 Å². The van der Waals surface area contributed by atoms with Gasteiger partial charge in [-0.3, -0.25) is 15.4 Å². The molecule has 2 aromatic carbocycles. The van der Waals surface area contributed by atoms with Crippen LogP contribution in [0.1, 0.15) is 0 Å². The third-order valence-electron chi connectivity index (χ3n) is 2.99. The van der Waals surface area contributed by atoms with Gasteiger partial charge >= 0.3 is 6.09 Å². The van der Waals surface area contributed by atoms with Crippen molar-refractivity contribution in [2.75, 3.05) is 12.4 Å². The van der Waals surface area contributed by atoms with E-state index in [1.807, 2.05) is 0 Å². The average molecular weight is 379 g/mol. The van der Waals surface area contributed by atoms with Crippen LogP contribution in [0.3, 0.4) is 0 Å². The Kier molecular flexibility index (Phi) is 6.14. The minimum Gasteiger partial charge on any atom is -0.453 e. The second-order valence-electron chi connectivity index (χ2n) is 4.59. The fourth-order valence-electron chi connectivity index (χ4n) is 1.86. The molecule has 0 aliphatic rings. The van der Waals surface area contributed by atoms with Gasteiger partial charge in [0.05, 0.1) is 27.7 Å². The van der Waals surface area contributed by atoms with Crippen molar-refractivity contribution >= 4 is 45.6 Å². The van der Waals surface area contributed by atoms with Gasteiger partial charge < -0.3 is 10.1 Å². The van der Waals surface area contributed by atoms with E-state index < -0.39 is 21.8 Å². The molecular weight excluding hydrogens is 366 g/mol. The van der Waals surface area contributed by atoms with Crippen LogP contribution >= 0.6 is 12.2 Å². The molecule has 8 nitrogen and oxygen atoms in total. The normalized spacial score (nSPS) is 11.2. The van der Waals surface area contributed by atoms with Crippen molar-refractivity contribution in [2.45, 2.75) is 9.79 Å². The van der Waals surface area contributed by atoms with Gasteiger partial charge in [-0.25, -0.2) is 9.00 Å². The lowest BCUT2D eigenvalue weighted by molar-refractivity contribution is -0.384. The van der Waals surface area contributed by atoms with Crippen LogP contribution in [0.25, 0.3) is 0 Å². The predicted octanol–water partition coefficient (Wildman–Crippen LogP) is 2.81. The minimum atomic E-state index is -1.56. The summed E-state index contributed by atoms with van der Waals surface area (Å²) in [6.45, 7) is 0. The zero-order chi connectivity index (χ0) is 18.4. The second kappa shape index (κ2) is 8.31. The van der Waals surface area contributed by atoms with Crippen molar-refractivity contribution in [3.8, 4) is 0 Å². The van der Waals surface area contributed by atoms with E-state index in [4.69, 9.17) is 12.2 Å². The number of rotatable bonds is 4. The molecule has 2 rings (SSSR count). The number of anilines is 1. The molecule has 0 radical (unpaired) electrons. The molecule has 0 saturated heterocycles. The molecular formula is C15H13N3O5S2. The third kappa shape index (κ3) is 4.81. The molecule has 0 bridgehead atoms. The van der Waals surface area contributed by atoms with Crippen molar-refractivity contribution in [2.24, 2.45) is 0 Å². The largest absolute Gasteiger partial charge is 0.453 e. The highest BCUT2D eigenvalue weighted by atomic mass is 32.2. The Bertz CT molecular complexity index is 842. The number of nitro benzene ring substituents is 1. The number of hydrogen-bond donors (Lipinski definition) is 2. The summed E-state index contributed by atoms with van der Waals surface area (Å²) in [5, 5.41) is 15.9. The van der Waals surface area contributed by atoms with Gasteiger partial charge in [0.25, 0.3) is 5.69 Å². The number of methoxy groups -OCH3 is 1. The van der Waals surface area contributed by atoms with Gasteiger partial charge in [0.2, 0.25) is 0 Å². The number of ether oxygens (including phenoxy) is 1. The molecule has 1 amide bonds. The van der Waals surface area contributed by atoms with E-state index in [1.165, 1.54) is 18.2 Å². The number of carbonyl (C=O) groups is 1. The monoisotopic (exact) mass is 379 g/mol. The van der Waals surface area contributed by atoms with Crippen LogP contribution in [0.5, 0.6) is 0 Å². The molecule has 0 heterocycles. The van der Waals surface area contributed by atoms with E-state index >= 15 is 0 Å². The Morgan fingerprint density at radius 3 is 2.48 bits per heavy atom. The van der Waals surface area contributed by atoms with E-state index in [9.17, 15) is 19.1 Å². The molecule has 1 unspecified atom stereocenters. The molecule has 1 atom stereocenters. The predicted molar refractivity (Wildman–Crippen MR) is 96.0 cm³/mol. The van der Waals surface area contributed by atoms with Gasteiger partial charge in [0, 0.05) is 11.0 Å². The minimum absolute atomic E-state index is 0.0558. The summed E-state index contributed by atoms with van der Waals surface area (Å²) >= 11 is 4.88. The van der Waals surface area contributed by atoms with Crippen molar-refractivity contribution in [1.29, 1.82) is 0 Å². The Morgan fingerprint density at radius 1 is 1.20 bits per heavy atom. The standard InChI is InChI=1S/C15H13N3O5S2/c1-23-15(19)17-14(24)16-12-8-7-11(9-13(12)18(20)21)25(22)10-5-3-2-4-6-10/h2-9H,1H3,(H2,16,17,19,24). The first-order valence-corrected chi connectivity index (χ1v) is 8.39. The number of nitrogens with one attached hydrogen (secondary N) is 2. The lowest BCUT2D eigenvalue weighted by atomic mass is 10.2. The quantitative estimate of drug-likeness (QED) is 0.477. The Morgan fingerprint density at radius 2 is 1.88 bits per heavy atom. The molecule has 0 aliphatic heterocycles. The van der Waals surface area contributed by atoms with Gasteiger partial charge in [-0.05, 0) is 36.5 Å². The summed E-state index contributed by atoms with van der Waals surface area (Å²) in [7, 11) is -0.399. The SMILES string of the molecule is COC(=O)NC(=S)Nc1ccc(S(=O)c2ccccc2)cc1[N+](=O)[O-]. The van der Waals surface area contributed by atoms with Crippen molar-refractivity contribution in [3.05, 3.63) is 58.6 Å². The number of thiocarbonyl (C=S) groups is 1. The maximum absolute atomic E-state index is 12.5. The van der Waals surface area contributed by atoms with Crippen molar-refractivity contribution < 1.29 is 18.7 Å². The molecule has 130 valence electrons. The lowest BCUT2D eigenvalue weighted by Gasteiger charge is -2.10. The van der Waals surface area contributed by atoms with Crippen LogP contribution in [0, 0.1) is 10.1 Å². The number of carbonyl (C=O) groups excluding carboxylic acids is 1. The second-order valence-corrected chi connectivity index (χ2v) is 6.48. The average Bonchev–Trinajstić information content (AvgIpc) is 2.61. The highest BCUT2D eigenvalue weighted by Gasteiger charge is 2.19. The summed E-state index contributed by atoms with van der Waals surface area (Å²) in [6.07, 6.45) is -0.804. The van der Waals surface area contributed by atoms with Crippen LogP contribution in [0.2, 0.25) is 0 Å². The van der Waals surface area contributed by atoms with E-state index in [0.717, 1.165) is 7.11 Å². The van der Waals surface area contributed by atoms with Crippen molar-refractivity contribution in [1.82, 2.24) is 5.32 Å². The highest BCUT2D eigenvalue weighted by Crippen LogP contribution is 2.28. The highest BCUT2D eigenvalue weighted by molar-refractivity contribution is 7.85. The number of hydrogen-bond acceptors (Lipinski definition) is 6. The lowest BCUT2D eigenvalue weighted by Crippen LogP contribution is -2.34. The Labute approximate surface area is 150 Å². The van der Waals surface area contributed by atoms with E-state index in [0.29, 0.717) is 4.90 Å². The zero-order valence-corrected chi connectivity index (χ0v) is 14.6. The van der Waals surface area contributed by atoms with Crippen LogP contribution in [0.15, 0.2) is 58.3 Å². The van der Waals surface area contributed by atoms with E-state index in [-0.39, 0.29) is 21.4 Å². The smallest absolute Gasteiger partial charge is 0.413 e. The molecule has 0 fully saturated rings. The van der Waals surface area contributed by atoms with E-state index in [1.54, 1.807) is 30.3 Å². The van der Waals surface area contributed by atoms with Crippen LogP contribution in [0.4, 0.5) is 16.2 Å². The maximum atomic E-state index is 12.5. The Balaban J connectivity index is 2.29. The molecule has 10 heteroatoms. The van der Waals surface area contributed by atoms with Crippen LogP contribution in [-0.4, -0.2) is 27.4 Å². The summed E-state index contributed by atoms with van der Waals surface area (Å²) in [5.41, 5.74) is -0.268. The molecule has 25 heavy (non-hydrogen) atoms. The molecule has 2 aromatic rings. The maximum Gasteiger partial charge on any atom is 0.413 e. The number of alkyl carbamates (subject to hydrolysis) is 1. The first kappa shape index (κ1) is 18.5. The number of benzene rings is 2. The van der Waals surface area contributed by atoms with Gasteiger partial charge in [-0.1, -0.05) is 18.2 Å². The third-order valence-corrected chi connectivity index (χ3v) is 4.57. The first-order chi connectivity index (χ1) is 11.9. The molecule has 2 N–H and O–H groups in total. The summed E-state index contributed by atoms with van der Waals surface area (Å²) in [4.78, 5) is 22.6. The molecule has 0 aliphatic carbocycles. The van der Waals surface area contributed by atoms with Gasteiger partial charge in [0.15, 0.2) is 5.11 Å². The summed E-state index contributed by atoms with van der Waals surface area (Å²) < 4.78 is 16.9. The molecule has 0 saturated carbocycles. The summed E-state index contributed by atoms with van der Waals surface area (Å²) in [5.74, 6) is 0. The first-order valence-electron chi connectivity index (χ1n) is 6.83. The van der Waals surface area contributed by atoms with Gasteiger partial charge in [0.1, 0.15) is 5.69 Å². The molecule has 0 aromatic heterocycles. The number of amides is 1. The number of nitro groups is 1. The Hall–Kier alpha value is -2.85. The van der Waals surface area contributed by atoms with Crippen LogP contribution in [-0.2, 0) is 15.5 Å². The molecule has 0 spiro atoms. The van der Waals surface area contributed by atoms with Gasteiger partial charge in [-0.15, -0.1) is 0 Å². The fourth-order valence-corrected chi connectivity index (χ4v) is 3.14. The summed E-state index contributed by atoms with van der Waals surface area (Å²) in [6, 6.07) is 12.6. The fraction of sp³-hybridized carbons (Fsp3) is 0.0667. The number of nitrogens with zero attached hydrogens (tertiary/aromatic N) is 1. The van der Waals surface area contributed by atoms with E-state index in [2.05, 4.69) is 15.4 Å². The van der Waals surface area contributed by atoms with Crippen LogP contribution < -0.4 is 10.6 Å². The van der Waals surface area contributed by atoms with Crippen molar-refractivity contribution in [3.63, 3.8) is 0 Å². The topological polar surface area (TPSA) is 111 Å².